The van der Waals surface area contributed by atoms with Crippen LogP contribution >= 0.6 is 0 Å². The van der Waals surface area contributed by atoms with E-state index < -0.39 is 12.0 Å². The van der Waals surface area contributed by atoms with E-state index in [0.717, 1.165) is 5.56 Å². The Morgan fingerprint density at radius 1 is 1.19 bits per heavy atom. The van der Waals surface area contributed by atoms with Gasteiger partial charge in [0, 0.05) is 13.1 Å². The van der Waals surface area contributed by atoms with Gasteiger partial charge in [0.2, 0.25) is 11.8 Å². The Hall–Kier alpha value is -1.95. The average Bonchev–Trinajstić information content (AvgIpc) is 2.63. The van der Waals surface area contributed by atoms with Crippen molar-refractivity contribution in [2.75, 3.05) is 26.3 Å². The molecule has 1 aliphatic heterocycles. The Kier molecular flexibility index (Phi) is 7.57. The molecule has 26 heavy (non-hydrogen) atoms. The first-order valence-corrected chi connectivity index (χ1v) is 9.34. The lowest BCUT2D eigenvalue weighted by molar-refractivity contribution is -0.140. The van der Waals surface area contributed by atoms with Gasteiger partial charge < -0.3 is 15.0 Å². The maximum atomic E-state index is 13.2. The molecule has 0 saturated carbocycles. The highest BCUT2D eigenvalue weighted by Crippen LogP contribution is 2.21. The molecule has 0 aliphatic carbocycles. The van der Waals surface area contributed by atoms with Gasteiger partial charge in [0.25, 0.3) is 0 Å². The van der Waals surface area contributed by atoms with Crippen molar-refractivity contribution in [3.05, 3.63) is 35.6 Å². The van der Waals surface area contributed by atoms with Crippen LogP contribution in [0.5, 0.6) is 0 Å². The van der Waals surface area contributed by atoms with E-state index in [9.17, 15) is 14.0 Å². The van der Waals surface area contributed by atoms with Gasteiger partial charge in [-0.3, -0.25) is 9.59 Å². The van der Waals surface area contributed by atoms with Crippen LogP contribution in [0.1, 0.15) is 45.1 Å². The minimum Gasteiger partial charge on any atom is -0.378 e. The summed E-state index contributed by atoms with van der Waals surface area (Å²) in [6, 6.07) is 5.43. The smallest absolute Gasteiger partial charge is 0.245 e. The number of benzene rings is 1. The number of rotatable bonds is 7. The molecule has 1 aromatic carbocycles. The highest BCUT2D eigenvalue weighted by atomic mass is 19.1. The largest absolute Gasteiger partial charge is 0.378 e. The molecule has 0 aromatic heterocycles. The van der Waals surface area contributed by atoms with Crippen LogP contribution in [-0.4, -0.2) is 49.1 Å². The summed E-state index contributed by atoms with van der Waals surface area (Å²) >= 11 is 0. The van der Waals surface area contributed by atoms with E-state index in [4.69, 9.17) is 4.74 Å². The fourth-order valence-corrected chi connectivity index (χ4v) is 3.24. The Morgan fingerprint density at radius 3 is 2.35 bits per heavy atom. The van der Waals surface area contributed by atoms with Gasteiger partial charge in [-0.05, 0) is 36.5 Å². The lowest BCUT2D eigenvalue weighted by Gasteiger charge is -2.32. The van der Waals surface area contributed by atoms with Gasteiger partial charge in [0.1, 0.15) is 11.9 Å². The van der Waals surface area contributed by atoms with Gasteiger partial charge in [-0.15, -0.1) is 0 Å². The molecule has 1 heterocycles. The Morgan fingerprint density at radius 2 is 1.81 bits per heavy atom. The molecule has 1 aromatic rings. The summed E-state index contributed by atoms with van der Waals surface area (Å²) in [5, 5.41) is 2.94. The van der Waals surface area contributed by atoms with Crippen LogP contribution in [0.2, 0.25) is 0 Å². The van der Waals surface area contributed by atoms with Gasteiger partial charge in [0.05, 0.1) is 19.1 Å². The molecule has 1 N–H and O–H groups in total. The number of amides is 2. The van der Waals surface area contributed by atoms with Crippen LogP contribution in [0.25, 0.3) is 0 Å². The molecular formula is C20H29FN2O3. The normalized spacial score (nSPS) is 17.0. The van der Waals surface area contributed by atoms with Crippen molar-refractivity contribution in [1.29, 1.82) is 0 Å². The highest BCUT2D eigenvalue weighted by Gasteiger charge is 2.30. The van der Waals surface area contributed by atoms with E-state index >= 15 is 0 Å². The van der Waals surface area contributed by atoms with Crippen molar-refractivity contribution in [2.45, 2.75) is 45.6 Å². The molecule has 1 unspecified atom stereocenters. The van der Waals surface area contributed by atoms with E-state index in [2.05, 4.69) is 5.32 Å². The Balaban J connectivity index is 2.10. The van der Waals surface area contributed by atoms with Crippen molar-refractivity contribution in [3.8, 4) is 0 Å². The number of halogens is 1. The van der Waals surface area contributed by atoms with Crippen LogP contribution in [0, 0.1) is 11.7 Å². The van der Waals surface area contributed by atoms with Crippen LogP contribution in [0.3, 0.4) is 0 Å². The number of hydrogen-bond acceptors (Lipinski definition) is 3. The fraction of sp³-hybridized carbons (Fsp3) is 0.600. The summed E-state index contributed by atoms with van der Waals surface area (Å²) in [4.78, 5) is 27.5. The number of morpholine rings is 1. The lowest BCUT2D eigenvalue weighted by Crippen LogP contribution is -2.52. The fourth-order valence-electron chi connectivity index (χ4n) is 3.24. The second-order valence-electron chi connectivity index (χ2n) is 7.14. The van der Waals surface area contributed by atoms with Gasteiger partial charge in [0.15, 0.2) is 0 Å². The molecule has 2 atom stereocenters. The molecule has 0 radical (unpaired) electrons. The SMILES string of the molecule is CCC(C(=O)N[C@H](CC(C)C)C(=O)N1CCOCC1)c1ccc(F)cc1. The monoisotopic (exact) mass is 364 g/mol. The minimum atomic E-state index is -0.546. The zero-order valence-corrected chi connectivity index (χ0v) is 15.8. The number of nitrogens with one attached hydrogen (secondary N) is 1. The number of carbonyl (C=O) groups excluding carboxylic acids is 2. The molecule has 0 bridgehead atoms. The van der Waals surface area contributed by atoms with Crippen LogP contribution < -0.4 is 5.32 Å². The van der Waals surface area contributed by atoms with E-state index in [-0.39, 0.29) is 23.5 Å². The molecule has 1 fully saturated rings. The lowest BCUT2D eigenvalue weighted by atomic mass is 9.94. The second kappa shape index (κ2) is 9.67. The third-order valence-electron chi connectivity index (χ3n) is 4.64. The standard InChI is InChI=1S/C20H29FN2O3/c1-4-17(15-5-7-16(21)8-6-15)19(24)22-18(13-14(2)3)20(25)23-9-11-26-12-10-23/h5-8,14,17-18H,4,9-13H2,1-3H3,(H,22,24)/t17?,18-/m1/s1. The molecule has 2 rings (SSSR count). The first-order valence-electron chi connectivity index (χ1n) is 9.34. The first-order chi connectivity index (χ1) is 12.4. The van der Waals surface area contributed by atoms with Gasteiger partial charge >= 0.3 is 0 Å². The Bertz CT molecular complexity index is 598. The topological polar surface area (TPSA) is 58.6 Å². The number of ether oxygens (including phenoxy) is 1. The van der Waals surface area contributed by atoms with Gasteiger partial charge in [-0.25, -0.2) is 4.39 Å². The average molecular weight is 364 g/mol. The summed E-state index contributed by atoms with van der Waals surface area (Å²) in [6.45, 7) is 8.14. The molecule has 2 amide bonds. The predicted octanol–water partition coefficient (Wildman–Crippen LogP) is 2.71. The van der Waals surface area contributed by atoms with Crippen LogP contribution in [0.4, 0.5) is 4.39 Å². The summed E-state index contributed by atoms with van der Waals surface area (Å²) < 4.78 is 18.5. The van der Waals surface area contributed by atoms with E-state index in [1.807, 2.05) is 20.8 Å². The second-order valence-corrected chi connectivity index (χ2v) is 7.14. The molecule has 0 spiro atoms. The predicted molar refractivity (Wildman–Crippen MR) is 98.2 cm³/mol. The summed E-state index contributed by atoms with van der Waals surface area (Å²) in [5.74, 6) is -0.696. The van der Waals surface area contributed by atoms with E-state index in [0.29, 0.717) is 39.1 Å². The molecule has 144 valence electrons. The highest BCUT2D eigenvalue weighted by molar-refractivity contribution is 5.90. The van der Waals surface area contributed by atoms with E-state index in [1.54, 1.807) is 17.0 Å². The van der Waals surface area contributed by atoms with Crippen molar-refractivity contribution in [1.82, 2.24) is 10.2 Å². The maximum absolute atomic E-state index is 13.2. The molecular weight excluding hydrogens is 335 g/mol. The molecule has 6 heteroatoms. The number of hydrogen-bond donors (Lipinski definition) is 1. The Labute approximate surface area is 154 Å². The number of carbonyl (C=O) groups is 2. The maximum Gasteiger partial charge on any atom is 0.245 e. The first kappa shape index (κ1) is 20.4. The third-order valence-corrected chi connectivity index (χ3v) is 4.64. The zero-order chi connectivity index (χ0) is 19.1. The molecule has 5 nitrogen and oxygen atoms in total. The summed E-state index contributed by atoms with van der Waals surface area (Å²) in [5.41, 5.74) is 0.758. The van der Waals surface area contributed by atoms with Gasteiger partial charge in [-0.1, -0.05) is 32.9 Å². The minimum absolute atomic E-state index is 0.0516. The molecule has 1 aliphatic rings. The van der Waals surface area contributed by atoms with Crippen molar-refractivity contribution in [3.63, 3.8) is 0 Å². The van der Waals surface area contributed by atoms with Crippen LogP contribution in [0.15, 0.2) is 24.3 Å². The third kappa shape index (κ3) is 5.53. The van der Waals surface area contributed by atoms with Gasteiger partial charge in [-0.2, -0.15) is 0 Å². The van der Waals surface area contributed by atoms with Crippen LogP contribution in [-0.2, 0) is 14.3 Å². The summed E-state index contributed by atoms with van der Waals surface area (Å²) in [6.07, 6.45) is 1.17. The number of nitrogens with zero attached hydrogens (tertiary/aromatic N) is 1. The van der Waals surface area contributed by atoms with Crippen molar-refractivity contribution < 1.29 is 18.7 Å². The zero-order valence-electron chi connectivity index (χ0n) is 15.8. The van der Waals surface area contributed by atoms with E-state index in [1.165, 1.54) is 12.1 Å². The van der Waals surface area contributed by atoms with Crippen molar-refractivity contribution >= 4 is 11.8 Å². The molecule has 1 saturated heterocycles. The van der Waals surface area contributed by atoms with Crippen molar-refractivity contribution in [2.24, 2.45) is 5.92 Å². The quantitative estimate of drug-likeness (QED) is 0.809. The summed E-state index contributed by atoms with van der Waals surface area (Å²) in [7, 11) is 0.